The largest absolute Gasteiger partial charge is 0.355 e. The molecule has 88 valence electrons. The maximum atomic E-state index is 11.7. The van der Waals surface area contributed by atoms with Crippen LogP contribution in [0.1, 0.15) is 31.5 Å². The zero-order chi connectivity index (χ0) is 11.4. The van der Waals surface area contributed by atoms with Crippen molar-refractivity contribution in [2.24, 2.45) is 13.0 Å². The Morgan fingerprint density at radius 2 is 2.31 bits per heavy atom. The summed E-state index contributed by atoms with van der Waals surface area (Å²) < 4.78 is 1.99. The van der Waals surface area contributed by atoms with Crippen molar-refractivity contribution in [3.05, 3.63) is 18.2 Å². The topological polar surface area (TPSA) is 46.9 Å². The predicted molar refractivity (Wildman–Crippen MR) is 61.9 cm³/mol. The molecule has 0 bridgehead atoms. The van der Waals surface area contributed by atoms with E-state index in [2.05, 4.69) is 10.3 Å². The first kappa shape index (κ1) is 11.2. The molecule has 0 atom stereocenters. The van der Waals surface area contributed by atoms with Crippen molar-refractivity contribution in [1.82, 2.24) is 14.9 Å². The van der Waals surface area contributed by atoms with Gasteiger partial charge in [-0.3, -0.25) is 4.79 Å². The molecule has 1 aliphatic rings. The third kappa shape index (κ3) is 2.62. The van der Waals surface area contributed by atoms with Gasteiger partial charge in [-0.15, -0.1) is 0 Å². The molecule has 0 radical (unpaired) electrons. The van der Waals surface area contributed by atoms with Crippen molar-refractivity contribution in [3.8, 4) is 0 Å². The molecule has 1 fully saturated rings. The Morgan fingerprint density at radius 1 is 1.56 bits per heavy atom. The lowest BCUT2D eigenvalue weighted by molar-refractivity contribution is -0.124. The minimum absolute atomic E-state index is 0.228. The highest BCUT2D eigenvalue weighted by atomic mass is 16.1. The molecule has 16 heavy (non-hydrogen) atoms. The van der Waals surface area contributed by atoms with Gasteiger partial charge in [0.15, 0.2) is 0 Å². The summed E-state index contributed by atoms with van der Waals surface area (Å²) in [7, 11) is 1.97. The van der Waals surface area contributed by atoms with Gasteiger partial charge in [0.1, 0.15) is 5.82 Å². The lowest BCUT2D eigenvalue weighted by atomic mass is 10.1. The van der Waals surface area contributed by atoms with E-state index < -0.39 is 0 Å². The molecule has 1 N–H and O–H groups in total. The summed E-state index contributed by atoms with van der Waals surface area (Å²) in [5.41, 5.74) is 0. The number of aryl methyl sites for hydroxylation is 1. The monoisotopic (exact) mass is 221 g/mol. The molecule has 1 aliphatic carbocycles. The summed E-state index contributed by atoms with van der Waals surface area (Å²) in [6.07, 6.45) is 9.06. The highest BCUT2D eigenvalue weighted by Gasteiger charge is 2.21. The van der Waals surface area contributed by atoms with Gasteiger partial charge in [-0.25, -0.2) is 4.98 Å². The van der Waals surface area contributed by atoms with Gasteiger partial charge in [0.25, 0.3) is 0 Å². The van der Waals surface area contributed by atoms with Gasteiger partial charge < -0.3 is 9.88 Å². The van der Waals surface area contributed by atoms with Crippen molar-refractivity contribution < 1.29 is 4.79 Å². The Morgan fingerprint density at radius 3 is 2.94 bits per heavy atom. The fourth-order valence-electron chi connectivity index (χ4n) is 2.27. The average Bonchev–Trinajstić information content (AvgIpc) is 2.90. The van der Waals surface area contributed by atoms with Crippen LogP contribution >= 0.6 is 0 Å². The molecule has 4 heteroatoms. The molecule has 4 nitrogen and oxygen atoms in total. The van der Waals surface area contributed by atoms with Crippen LogP contribution in [0.3, 0.4) is 0 Å². The van der Waals surface area contributed by atoms with Crippen LogP contribution in [0.15, 0.2) is 12.4 Å². The van der Waals surface area contributed by atoms with E-state index in [0.717, 1.165) is 25.1 Å². The molecule has 0 aliphatic heterocycles. The summed E-state index contributed by atoms with van der Waals surface area (Å²) in [4.78, 5) is 15.9. The van der Waals surface area contributed by atoms with Gasteiger partial charge in [0, 0.05) is 38.3 Å². The molecule has 0 spiro atoms. The number of hydrogen-bond donors (Lipinski definition) is 1. The van der Waals surface area contributed by atoms with E-state index in [0.29, 0.717) is 6.54 Å². The van der Waals surface area contributed by atoms with E-state index in [1.807, 2.05) is 17.8 Å². The first-order valence-corrected chi connectivity index (χ1v) is 6.01. The Labute approximate surface area is 96.1 Å². The number of nitrogens with zero attached hydrogens (tertiary/aromatic N) is 2. The number of rotatable bonds is 4. The molecule has 2 rings (SSSR count). The van der Waals surface area contributed by atoms with E-state index in [9.17, 15) is 4.79 Å². The highest BCUT2D eigenvalue weighted by molar-refractivity contribution is 5.78. The minimum Gasteiger partial charge on any atom is -0.355 e. The van der Waals surface area contributed by atoms with Crippen LogP contribution in [0.2, 0.25) is 0 Å². The Bertz CT molecular complexity index is 353. The van der Waals surface area contributed by atoms with Crippen LogP contribution < -0.4 is 5.32 Å². The molecule has 1 amide bonds. The van der Waals surface area contributed by atoms with E-state index in [1.54, 1.807) is 6.20 Å². The van der Waals surface area contributed by atoms with Crippen molar-refractivity contribution in [2.75, 3.05) is 6.54 Å². The Kier molecular flexibility index (Phi) is 3.59. The maximum absolute atomic E-state index is 11.7. The summed E-state index contributed by atoms with van der Waals surface area (Å²) in [6, 6.07) is 0. The van der Waals surface area contributed by atoms with Gasteiger partial charge >= 0.3 is 0 Å². The predicted octanol–water partition coefficient (Wildman–Crippen LogP) is 1.27. The first-order chi connectivity index (χ1) is 7.77. The molecule has 0 aromatic carbocycles. The van der Waals surface area contributed by atoms with E-state index >= 15 is 0 Å². The van der Waals surface area contributed by atoms with E-state index in [-0.39, 0.29) is 11.8 Å². The number of aromatic nitrogens is 2. The standard InChI is InChI=1S/C12H19N3O/c1-15-9-8-13-11(15)6-7-14-12(16)10-4-2-3-5-10/h8-10H,2-7H2,1H3,(H,14,16). The van der Waals surface area contributed by atoms with Gasteiger partial charge in [-0.1, -0.05) is 12.8 Å². The molecule has 1 aromatic heterocycles. The molecule has 1 heterocycles. The van der Waals surface area contributed by atoms with E-state index in [4.69, 9.17) is 0 Å². The summed E-state index contributed by atoms with van der Waals surface area (Å²) in [6.45, 7) is 0.695. The quantitative estimate of drug-likeness (QED) is 0.832. The summed E-state index contributed by atoms with van der Waals surface area (Å²) in [5, 5.41) is 3.00. The zero-order valence-corrected chi connectivity index (χ0v) is 9.78. The highest BCUT2D eigenvalue weighted by Crippen LogP contribution is 2.24. The van der Waals surface area contributed by atoms with Gasteiger partial charge in [0.2, 0.25) is 5.91 Å². The SMILES string of the molecule is Cn1ccnc1CCNC(=O)C1CCCC1. The van der Waals surface area contributed by atoms with Crippen molar-refractivity contribution >= 4 is 5.91 Å². The molecule has 0 unspecified atom stereocenters. The number of nitrogens with one attached hydrogen (secondary N) is 1. The third-order valence-electron chi connectivity index (χ3n) is 3.29. The van der Waals surface area contributed by atoms with Crippen LogP contribution in [-0.4, -0.2) is 22.0 Å². The second-order valence-corrected chi connectivity index (χ2v) is 4.48. The maximum Gasteiger partial charge on any atom is 0.223 e. The zero-order valence-electron chi connectivity index (χ0n) is 9.78. The van der Waals surface area contributed by atoms with Crippen LogP contribution in [0.25, 0.3) is 0 Å². The fraction of sp³-hybridized carbons (Fsp3) is 0.667. The molecule has 1 aromatic rings. The van der Waals surface area contributed by atoms with Crippen molar-refractivity contribution in [3.63, 3.8) is 0 Å². The first-order valence-electron chi connectivity index (χ1n) is 6.01. The average molecular weight is 221 g/mol. The normalized spacial score (nSPS) is 16.6. The van der Waals surface area contributed by atoms with Crippen LogP contribution in [0.4, 0.5) is 0 Å². The van der Waals surface area contributed by atoms with Gasteiger partial charge in [-0.05, 0) is 12.8 Å². The third-order valence-corrected chi connectivity index (χ3v) is 3.29. The van der Waals surface area contributed by atoms with Crippen molar-refractivity contribution in [2.45, 2.75) is 32.1 Å². The van der Waals surface area contributed by atoms with Crippen molar-refractivity contribution in [1.29, 1.82) is 0 Å². The fourth-order valence-corrected chi connectivity index (χ4v) is 2.27. The van der Waals surface area contributed by atoms with Crippen LogP contribution in [0, 0.1) is 5.92 Å². The lowest BCUT2D eigenvalue weighted by Gasteiger charge is -2.09. The number of carbonyl (C=O) groups is 1. The number of imidazole rings is 1. The van der Waals surface area contributed by atoms with Gasteiger partial charge in [0.05, 0.1) is 0 Å². The Balaban J connectivity index is 1.71. The second kappa shape index (κ2) is 5.14. The van der Waals surface area contributed by atoms with Crippen LogP contribution in [0.5, 0.6) is 0 Å². The van der Waals surface area contributed by atoms with Crippen LogP contribution in [-0.2, 0) is 18.3 Å². The lowest BCUT2D eigenvalue weighted by Crippen LogP contribution is -2.31. The number of carbonyl (C=O) groups excluding carboxylic acids is 1. The van der Waals surface area contributed by atoms with Gasteiger partial charge in [-0.2, -0.15) is 0 Å². The Hall–Kier alpha value is -1.32. The smallest absolute Gasteiger partial charge is 0.223 e. The number of amides is 1. The molecular formula is C12H19N3O. The summed E-state index contributed by atoms with van der Waals surface area (Å²) in [5.74, 6) is 1.51. The van der Waals surface area contributed by atoms with E-state index in [1.165, 1.54) is 12.8 Å². The minimum atomic E-state index is 0.228. The summed E-state index contributed by atoms with van der Waals surface area (Å²) >= 11 is 0. The number of hydrogen-bond acceptors (Lipinski definition) is 2. The molecule has 0 saturated heterocycles. The molecule has 1 saturated carbocycles. The molecular weight excluding hydrogens is 202 g/mol. The second-order valence-electron chi connectivity index (χ2n) is 4.48.